The van der Waals surface area contributed by atoms with Crippen LogP contribution >= 0.6 is 0 Å². The fourth-order valence-corrected chi connectivity index (χ4v) is 5.08. The molecule has 4 heteroatoms. The van der Waals surface area contributed by atoms with Crippen molar-refractivity contribution in [3.05, 3.63) is 35.9 Å². The number of nitrogens with one attached hydrogen (secondary N) is 1. The predicted octanol–water partition coefficient (Wildman–Crippen LogP) is 1.99. The lowest BCUT2D eigenvalue weighted by atomic mass is 9.79. The van der Waals surface area contributed by atoms with Crippen molar-refractivity contribution in [1.82, 2.24) is 10.2 Å². The second-order valence-corrected chi connectivity index (χ2v) is 7.95. The Labute approximate surface area is 144 Å². The van der Waals surface area contributed by atoms with Crippen molar-refractivity contribution in [3.63, 3.8) is 0 Å². The van der Waals surface area contributed by atoms with Crippen molar-refractivity contribution in [2.45, 2.75) is 31.3 Å². The van der Waals surface area contributed by atoms with Gasteiger partial charge in [0.2, 0.25) is 0 Å². The van der Waals surface area contributed by atoms with Crippen molar-refractivity contribution in [2.24, 2.45) is 23.7 Å². The molecule has 0 radical (unpaired) electrons. The Bertz CT molecular complexity index is 589. The van der Waals surface area contributed by atoms with E-state index in [-0.39, 0.29) is 11.8 Å². The Morgan fingerprint density at radius 2 is 1.83 bits per heavy atom. The standard InChI is InChI=1S/C20H28N2O2/c1-22(13-18-16-11-21-12-17(16)18)19(23)20(24,15-9-5-6-10-15)14-7-3-2-4-8-14/h2-4,7-8,15-18,21,24H,5-6,9-13H2,1H3/t16-,17+,18?,20-/m1/s1. The number of nitrogens with zero attached hydrogens (tertiary/aromatic N) is 1. The summed E-state index contributed by atoms with van der Waals surface area (Å²) in [6.45, 7) is 2.95. The van der Waals surface area contributed by atoms with Crippen molar-refractivity contribution in [1.29, 1.82) is 0 Å². The molecule has 2 saturated carbocycles. The van der Waals surface area contributed by atoms with Gasteiger partial charge in [-0.2, -0.15) is 0 Å². The third-order valence-corrected chi connectivity index (χ3v) is 6.59. The first-order valence-corrected chi connectivity index (χ1v) is 9.36. The Morgan fingerprint density at radius 1 is 1.21 bits per heavy atom. The van der Waals surface area contributed by atoms with Crippen LogP contribution in [0.5, 0.6) is 0 Å². The summed E-state index contributed by atoms with van der Waals surface area (Å²) in [5, 5.41) is 15.0. The Balaban J connectivity index is 1.54. The van der Waals surface area contributed by atoms with Gasteiger partial charge in [0.25, 0.3) is 5.91 Å². The van der Waals surface area contributed by atoms with Gasteiger partial charge in [0.05, 0.1) is 0 Å². The molecule has 24 heavy (non-hydrogen) atoms. The molecule has 3 aliphatic rings. The zero-order valence-corrected chi connectivity index (χ0v) is 14.4. The SMILES string of the molecule is CN(CC1[C@H]2CNC[C@@H]12)C(=O)[C@@](O)(c1ccccc1)C1CCCC1. The summed E-state index contributed by atoms with van der Waals surface area (Å²) in [6.07, 6.45) is 4.08. The van der Waals surface area contributed by atoms with E-state index in [1.54, 1.807) is 4.90 Å². The number of benzene rings is 1. The van der Waals surface area contributed by atoms with Gasteiger partial charge in [0, 0.05) is 19.5 Å². The molecule has 1 aromatic carbocycles. The summed E-state index contributed by atoms with van der Waals surface area (Å²) < 4.78 is 0. The molecule has 130 valence electrons. The highest BCUT2D eigenvalue weighted by Crippen LogP contribution is 2.49. The number of carbonyl (C=O) groups excluding carboxylic acids is 1. The molecule has 1 heterocycles. The van der Waals surface area contributed by atoms with Gasteiger partial charge in [0.1, 0.15) is 0 Å². The van der Waals surface area contributed by atoms with Crippen molar-refractivity contribution < 1.29 is 9.90 Å². The molecule has 0 spiro atoms. The first-order chi connectivity index (χ1) is 11.6. The summed E-state index contributed by atoms with van der Waals surface area (Å²) in [5.41, 5.74) is -0.610. The molecular formula is C20H28N2O2. The number of likely N-dealkylation sites (N-methyl/N-ethyl adjacent to an activating group) is 1. The van der Waals surface area contributed by atoms with Gasteiger partial charge in [-0.15, -0.1) is 0 Å². The monoisotopic (exact) mass is 328 g/mol. The second-order valence-electron chi connectivity index (χ2n) is 7.95. The predicted molar refractivity (Wildman–Crippen MR) is 93.3 cm³/mol. The highest BCUT2D eigenvalue weighted by atomic mass is 16.3. The third-order valence-electron chi connectivity index (χ3n) is 6.59. The van der Waals surface area contributed by atoms with Crippen LogP contribution in [0.25, 0.3) is 0 Å². The van der Waals surface area contributed by atoms with Gasteiger partial charge < -0.3 is 15.3 Å². The maximum atomic E-state index is 13.3. The summed E-state index contributed by atoms with van der Waals surface area (Å²) in [6, 6.07) is 9.57. The van der Waals surface area contributed by atoms with Gasteiger partial charge in [0.15, 0.2) is 5.60 Å². The average molecular weight is 328 g/mol. The molecule has 0 bridgehead atoms. The van der Waals surface area contributed by atoms with Gasteiger partial charge in [-0.25, -0.2) is 0 Å². The van der Waals surface area contributed by atoms with E-state index >= 15 is 0 Å². The molecule has 1 unspecified atom stereocenters. The Hall–Kier alpha value is -1.39. The highest BCUT2D eigenvalue weighted by Gasteiger charge is 2.54. The number of rotatable bonds is 5. The third kappa shape index (κ3) is 2.56. The fraction of sp³-hybridized carbons (Fsp3) is 0.650. The maximum Gasteiger partial charge on any atom is 0.259 e. The fourth-order valence-electron chi connectivity index (χ4n) is 5.08. The van der Waals surface area contributed by atoms with Crippen molar-refractivity contribution >= 4 is 5.91 Å². The van der Waals surface area contributed by atoms with Crippen LogP contribution in [0.1, 0.15) is 31.2 Å². The molecule has 1 aliphatic heterocycles. The lowest BCUT2D eigenvalue weighted by molar-refractivity contribution is -0.158. The van der Waals surface area contributed by atoms with E-state index in [2.05, 4.69) is 5.32 Å². The lowest BCUT2D eigenvalue weighted by Crippen LogP contribution is -2.50. The minimum absolute atomic E-state index is 0.0372. The Morgan fingerprint density at radius 3 is 2.46 bits per heavy atom. The van der Waals surface area contributed by atoms with Crippen LogP contribution in [0.4, 0.5) is 0 Å². The smallest absolute Gasteiger partial charge is 0.259 e. The first kappa shape index (κ1) is 16.1. The van der Waals surface area contributed by atoms with Crippen LogP contribution in [0, 0.1) is 23.7 Å². The molecule has 1 saturated heterocycles. The van der Waals surface area contributed by atoms with Crippen LogP contribution in [0.15, 0.2) is 30.3 Å². The molecule has 1 amide bonds. The molecule has 2 aliphatic carbocycles. The van der Waals surface area contributed by atoms with Crippen molar-refractivity contribution in [2.75, 3.05) is 26.7 Å². The van der Waals surface area contributed by atoms with Gasteiger partial charge >= 0.3 is 0 Å². The average Bonchev–Trinajstić information content (AvgIpc) is 3.07. The molecule has 1 aromatic rings. The Kier molecular flexibility index (Phi) is 4.13. The zero-order chi connectivity index (χ0) is 16.7. The normalized spacial score (nSPS) is 31.5. The van der Waals surface area contributed by atoms with E-state index < -0.39 is 5.60 Å². The van der Waals surface area contributed by atoms with Crippen molar-refractivity contribution in [3.8, 4) is 0 Å². The first-order valence-electron chi connectivity index (χ1n) is 9.36. The highest BCUT2D eigenvalue weighted by molar-refractivity contribution is 5.86. The molecule has 0 aromatic heterocycles. The molecule has 2 N–H and O–H groups in total. The number of carbonyl (C=O) groups is 1. The molecular weight excluding hydrogens is 300 g/mol. The maximum absolute atomic E-state index is 13.3. The van der Waals surface area contributed by atoms with Gasteiger partial charge in [-0.05, 0) is 49.2 Å². The number of amides is 1. The summed E-state index contributed by atoms with van der Waals surface area (Å²) >= 11 is 0. The van der Waals surface area contributed by atoms with E-state index in [9.17, 15) is 9.90 Å². The second kappa shape index (κ2) is 6.16. The van der Waals surface area contributed by atoms with Crippen LogP contribution in [-0.2, 0) is 10.4 Å². The topological polar surface area (TPSA) is 52.6 Å². The summed E-state index contributed by atoms with van der Waals surface area (Å²) in [7, 11) is 1.87. The quantitative estimate of drug-likeness (QED) is 0.869. The largest absolute Gasteiger partial charge is 0.375 e. The van der Waals surface area contributed by atoms with Gasteiger partial charge in [-0.3, -0.25) is 4.79 Å². The van der Waals surface area contributed by atoms with E-state index in [0.29, 0.717) is 5.92 Å². The molecule has 3 fully saturated rings. The molecule has 4 nitrogen and oxygen atoms in total. The summed E-state index contributed by atoms with van der Waals surface area (Å²) in [5.74, 6) is 2.01. The van der Waals surface area contributed by atoms with E-state index in [1.807, 2.05) is 37.4 Å². The number of hydrogen-bond donors (Lipinski definition) is 2. The van der Waals surface area contributed by atoms with Crippen LogP contribution in [-0.4, -0.2) is 42.6 Å². The molecule has 4 atom stereocenters. The van der Waals surface area contributed by atoms with Crippen LogP contribution in [0.2, 0.25) is 0 Å². The minimum Gasteiger partial charge on any atom is -0.375 e. The van der Waals surface area contributed by atoms with E-state index in [4.69, 9.17) is 0 Å². The van der Waals surface area contributed by atoms with E-state index in [0.717, 1.165) is 62.7 Å². The number of piperidine rings is 1. The van der Waals surface area contributed by atoms with Gasteiger partial charge in [-0.1, -0.05) is 43.2 Å². The summed E-state index contributed by atoms with van der Waals surface area (Å²) in [4.78, 5) is 15.1. The van der Waals surface area contributed by atoms with Crippen LogP contribution < -0.4 is 5.32 Å². The van der Waals surface area contributed by atoms with E-state index in [1.165, 1.54) is 0 Å². The number of hydrogen-bond acceptors (Lipinski definition) is 3. The molecule has 4 rings (SSSR count). The number of aliphatic hydroxyl groups is 1. The zero-order valence-electron chi connectivity index (χ0n) is 14.4. The minimum atomic E-state index is -1.37. The van der Waals surface area contributed by atoms with Crippen LogP contribution in [0.3, 0.4) is 0 Å². The number of fused-ring (bicyclic) bond motifs is 1. The lowest BCUT2D eigenvalue weighted by Gasteiger charge is -2.36.